The highest BCUT2D eigenvalue weighted by Crippen LogP contribution is 2.28. The van der Waals surface area contributed by atoms with Gasteiger partial charge in [-0.05, 0) is 48.4 Å². The average molecular weight is 381 g/mol. The molecule has 0 atom stereocenters. The number of aromatic nitrogens is 3. The number of nitrogens with zero attached hydrogens (tertiary/aromatic N) is 2. The van der Waals surface area contributed by atoms with Crippen molar-refractivity contribution in [2.24, 2.45) is 5.73 Å². The minimum atomic E-state index is -0.0640. The smallest absolute Gasteiger partial charge is 0.224 e. The molecule has 0 aliphatic heterocycles. The number of methoxy groups -OCH3 is 2. The number of anilines is 1. The summed E-state index contributed by atoms with van der Waals surface area (Å²) in [5, 5.41) is 9.79. The van der Waals surface area contributed by atoms with Crippen LogP contribution in [-0.2, 0) is 17.8 Å². The molecule has 146 valence electrons. The maximum Gasteiger partial charge on any atom is 0.224 e. The van der Waals surface area contributed by atoms with Gasteiger partial charge in [-0.2, -0.15) is 5.10 Å². The maximum absolute atomic E-state index is 12.2. The SMILES string of the molecule is COc1ccc(CCC(=O)Nc2ccc(-c3n[nH]c(CN)n3)cc2)cc1OC. The van der Waals surface area contributed by atoms with Crippen molar-refractivity contribution in [3.8, 4) is 22.9 Å². The van der Waals surface area contributed by atoms with Gasteiger partial charge in [0.25, 0.3) is 0 Å². The molecule has 0 fully saturated rings. The number of carbonyl (C=O) groups is 1. The van der Waals surface area contributed by atoms with Crippen LogP contribution in [0.3, 0.4) is 0 Å². The second-order valence-corrected chi connectivity index (χ2v) is 6.12. The molecule has 1 aromatic heterocycles. The van der Waals surface area contributed by atoms with Crippen molar-refractivity contribution >= 4 is 11.6 Å². The van der Waals surface area contributed by atoms with Gasteiger partial charge >= 0.3 is 0 Å². The molecule has 0 bridgehead atoms. The van der Waals surface area contributed by atoms with Gasteiger partial charge in [0, 0.05) is 17.7 Å². The molecular weight excluding hydrogens is 358 g/mol. The Labute approximate surface area is 163 Å². The van der Waals surface area contributed by atoms with Gasteiger partial charge in [-0.1, -0.05) is 6.07 Å². The molecule has 3 rings (SSSR count). The highest BCUT2D eigenvalue weighted by atomic mass is 16.5. The monoisotopic (exact) mass is 381 g/mol. The maximum atomic E-state index is 12.2. The number of carbonyl (C=O) groups excluding carboxylic acids is 1. The number of hydrogen-bond acceptors (Lipinski definition) is 6. The second kappa shape index (κ2) is 9.01. The van der Waals surface area contributed by atoms with E-state index in [1.165, 1.54) is 0 Å². The molecule has 1 heterocycles. The standard InChI is InChI=1S/C20H23N5O3/c1-27-16-9-3-13(11-17(16)28-2)4-10-19(26)22-15-7-5-14(6-8-15)20-23-18(12-21)24-25-20/h3,5-9,11H,4,10,12,21H2,1-2H3,(H,22,26)(H,23,24,25). The van der Waals surface area contributed by atoms with Gasteiger partial charge in [-0.25, -0.2) is 4.98 Å². The van der Waals surface area contributed by atoms with Crippen LogP contribution < -0.4 is 20.5 Å². The molecule has 3 aromatic rings. The molecule has 0 unspecified atom stereocenters. The molecule has 0 aliphatic carbocycles. The number of H-pyrrole nitrogens is 1. The fourth-order valence-corrected chi connectivity index (χ4v) is 2.74. The lowest BCUT2D eigenvalue weighted by atomic mass is 10.1. The van der Waals surface area contributed by atoms with Crippen LogP contribution in [0.4, 0.5) is 5.69 Å². The van der Waals surface area contributed by atoms with Crippen LogP contribution >= 0.6 is 0 Å². The first kappa shape index (κ1) is 19.4. The van der Waals surface area contributed by atoms with Gasteiger partial charge in [-0.3, -0.25) is 9.89 Å². The van der Waals surface area contributed by atoms with E-state index in [2.05, 4.69) is 20.5 Å². The summed E-state index contributed by atoms with van der Waals surface area (Å²) in [5.74, 6) is 2.46. The molecule has 0 saturated heterocycles. The van der Waals surface area contributed by atoms with Crippen molar-refractivity contribution in [3.05, 3.63) is 53.9 Å². The van der Waals surface area contributed by atoms with E-state index in [4.69, 9.17) is 15.2 Å². The number of nitrogens with two attached hydrogens (primary N) is 1. The molecule has 8 nitrogen and oxygen atoms in total. The summed E-state index contributed by atoms with van der Waals surface area (Å²) in [6.07, 6.45) is 0.960. The Morgan fingerprint density at radius 1 is 1.11 bits per heavy atom. The molecule has 2 aromatic carbocycles. The average Bonchev–Trinajstić information content (AvgIpc) is 3.22. The summed E-state index contributed by atoms with van der Waals surface area (Å²) in [6, 6.07) is 13.0. The predicted octanol–water partition coefficient (Wildman–Crippen LogP) is 2.52. The van der Waals surface area contributed by atoms with Crippen LogP contribution in [0.1, 0.15) is 17.8 Å². The van der Waals surface area contributed by atoms with Crippen LogP contribution in [0.5, 0.6) is 11.5 Å². The van der Waals surface area contributed by atoms with Gasteiger partial charge in [0.15, 0.2) is 17.3 Å². The lowest BCUT2D eigenvalue weighted by Crippen LogP contribution is -2.12. The van der Waals surface area contributed by atoms with Crippen LogP contribution in [0.15, 0.2) is 42.5 Å². The Morgan fingerprint density at radius 3 is 2.50 bits per heavy atom. The number of aromatic amines is 1. The van der Waals surface area contributed by atoms with E-state index >= 15 is 0 Å². The third kappa shape index (κ3) is 4.66. The molecule has 0 radical (unpaired) electrons. The van der Waals surface area contributed by atoms with Crippen LogP contribution in [0, 0.1) is 0 Å². The van der Waals surface area contributed by atoms with Crippen molar-refractivity contribution in [1.29, 1.82) is 0 Å². The normalized spacial score (nSPS) is 10.5. The largest absolute Gasteiger partial charge is 0.493 e. The predicted molar refractivity (Wildman–Crippen MR) is 106 cm³/mol. The zero-order valence-corrected chi connectivity index (χ0v) is 15.9. The molecular formula is C20H23N5O3. The first-order chi connectivity index (χ1) is 13.6. The molecule has 4 N–H and O–H groups in total. The van der Waals surface area contributed by atoms with E-state index in [-0.39, 0.29) is 5.91 Å². The van der Waals surface area contributed by atoms with E-state index in [1.807, 2.05) is 42.5 Å². The third-order valence-corrected chi connectivity index (χ3v) is 4.24. The van der Waals surface area contributed by atoms with Gasteiger partial charge in [0.2, 0.25) is 5.91 Å². The van der Waals surface area contributed by atoms with E-state index in [0.717, 1.165) is 16.8 Å². The highest BCUT2D eigenvalue weighted by molar-refractivity contribution is 5.91. The van der Waals surface area contributed by atoms with Crippen LogP contribution in [0.2, 0.25) is 0 Å². The number of ether oxygens (including phenoxy) is 2. The van der Waals surface area contributed by atoms with Crippen molar-refractivity contribution in [2.45, 2.75) is 19.4 Å². The minimum Gasteiger partial charge on any atom is -0.493 e. The number of amides is 1. The lowest BCUT2D eigenvalue weighted by Gasteiger charge is -2.10. The van der Waals surface area contributed by atoms with E-state index in [0.29, 0.717) is 42.5 Å². The zero-order chi connectivity index (χ0) is 19.9. The zero-order valence-electron chi connectivity index (χ0n) is 15.9. The summed E-state index contributed by atoms with van der Waals surface area (Å²) in [6.45, 7) is 0.307. The molecule has 8 heteroatoms. The number of nitrogens with one attached hydrogen (secondary N) is 2. The van der Waals surface area contributed by atoms with E-state index in [9.17, 15) is 4.79 Å². The fraction of sp³-hybridized carbons (Fsp3) is 0.250. The molecule has 0 saturated carbocycles. The molecule has 0 spiro atoms. The Morgan fingerprint density at radius 2 is 1.86 bits per heavy atom. The highest BCUT2D eigenvalue weighted by Gasteiger charge is 2.09. The fourth-order valence-electron chi connectivity index (χ4n) is 2.74. The quantitative estimate of drug-likeness (QED) is 0.552. The van der Waals surface area contributed by atoms with Gasteiger partial charge in [-0.15, -0.1) is 0 Å². The summed E-state index contributed by atoms with van der Waals surface area (Å²) < 4.78 is 10.5. The summed E-state index contributed by atoms with van der Waals surface area (Å²) in [5.41, 5.74) is 8.09. The summed E-state index contributed by atoms with van der Waals surface area (Å²) in [7, 11) is 3.18. The summed E-state index contributed by atoms with van der Waals surface area (Å²) in [4.78, 5) is 16.5. The topological polar surface area (TPSA) is 115 Å². The van der Waals surface area contributed by atoms with Crippen molar-refractivity contribution in [2.75, 3.05) is 19.5 Å². The van der Waals surface area contributed by atoms with Crippen LogP contribution in [-0.4, -0.2) is 35.3 Å². The Bertz CT molecular complexity index is 937. The number of benzene rings is 2. The first-order valence-electron chi connectivity index (χ1n) is 8.85. The second-order valence-electron chi connectivity index (χ2n) is 6.12. The van der Waals surface area contributed by atoms with Crippen molar-refractivity contribution in [3.63, 3.8) is 0 Å². The van der Waals surface area contributed by atoms with Crippen LogP contribution in [0.25, 0.3) is 11.4 Å². The lowest BCUT2D eigenvalue weighted by molar-refractivity contribution is -0.116. The molecule has 28 heavy (non-hydrogen) atoms. The van der Waals surface area contributed by atoms with E-state index in [1.54, 1.807) is 14.2 Å². The summed E-state index contributed by atoms with van der Waals surface area (Å²) >= 11 is 0. The third-order valence-electron chi connectivity index (χ3n) is 4.24. The van der Waals surface area contributed by atoms with Gasteiger partial charge in [0.05, 0.1) is 20.8 Å². The van der Waals surface area contributed by atoms with E-state index < -0.39 is 0 Å². The first-order valence-corrected chi connectivity index (χ1v) is 8.85. The van der Waals surface area contributed by atoms with Gasteiger partial charge in [0.1, 0.15) is 5.82 Å². The van der Waals surface area contributed by atoms with Crippen molar-refractivity contribution in [1.82, 2.24) is 15.2 Å². The minimum absolute atomic E-state index is 0.0640. The molecule has 1 amide bonds. The number of hydrogen-bond donors (Lipinski definition) is 3. The van der Waals surface area contributed by atoms with Crippen molar-refractivity contribution < 1.29 is 14.3 Å². The number of rotatable bonds is 8. The van der Waals surface area contributed by atoms with Gasteiger partial charge < -0.3 is 20.5 Å². The Hall–Kier alpha value is -3.39. The Balaban J connectivity index is 1.56. The molecule has 0 aliphatic rings. The Kier molecular flexibility index (Phi) is 6.23. The number of aryl methyl sites for hydroxylation is 1.